The number of rotatable bonds is 6. The first-order valence-electron chi connectivity index (χ1n) is 15.4. The van der Waals surface area contributed by atoms with Crippen LogP contribution >= 0.6 is 0 Å². The predicted octanol–water partition coefficient (Wildman–Crippen LogP) is 2.31. The van der Waals surface area contributed by atoms with Crippen molar-refractivity contribution >= 4 is 35.9 Å². The fourth-order valence-corrected chi connectivity index (χ4v) is 11.5. The van der Waals surface area contributed by atoms with Crippen LogP contribution in [0.25, 0.3) is 0 Å². The lowest BCUT2D eigenvalue weighted by molar-refractivity contribution is -0.260. The van der Waals surface area contributed by atoms with Crippen LogP contribution in [0.4, 0.5) is 0 Å². The van der Waals surface area contributed by atoms with Gasteiger partial charge in [0.1, 0.15) is 36.5 Å². The van der Waals surface area contributed by atoms with Gasteiger partial charge in [-0.25, -0.2) is 4.79 Å². The Morgan fingerprint density at radius 1 is 0.933 bits per heavy atom. The Hall–Kier alpha value is -3.86. The molecular formula is C34H37NO10. The summed E-state index contributed by atoms with van der Waals surface area (Å²) in [6, 6.07) is 7.52. The lowest BCUT2D eigenvalue weighted by atomic mass is 9.38. The van der Waals surface area contributed by atoms with Gasteiger partial charge in [-0.2, -0.15) is 0 Å². The van der Waals surface area contributed by atoms with Crippen LogP contribution in [-0.4, -0.2) is 84.4 Å². The summed E-state index contributed by atoms with van der Waals surface area (Å²) in [5.41, 5.74) is -2.64. The number of esters is 4. The van der Waals surface area contributed by atoms with E-state index in [2.05, 4.69) is 11.5 Å². The normalized spacial score (nSPS) is 45.1. The van der Waals surface area contributed by atoms with Crippen molar-refractivity contribution in [2.45, 2.75) is 77.0 Å². The van der Waals surface area contributed by atoms with Gasteiger partial charge in [-0.15, -0.1) is 0 Å². The highest BCUT2D eigenvalue weighted by molar-refractivity contribution is 5.94. The smallest absolute Gasteiger partial charge is 0.338 e. The number of Topliss-reactive ketones (excluding diaryl/α,β-unsaturated/α-hetero) is 1. The van der Waals surface area contributed by atoms with Crippen molar-refractivity contribution in [1.82, 2.24) is 4.90 Å². The topological polar surface area (TPSA) is 143 Å². The molecule has 2 aliphatic heterocycles. The number of benzene rings is 1. The van der Waals surface area contributed by atoms with Crippen molar-refractivity contribution in [3.05, 3.63) is 48.0 Å². The molecule has 0 N–H and O–H groups in total. The molecule has 45 heavy (non-hydrogen) atoms. The van der Waals surface area contributed by atoms with Gasteiger partial charge in [0.05, 0.1) is 11.5 Å². The summed E-state index contributed by atoms with van der Waals surface area (Å²) in [7, 11) is 1.90. The molecule has 0 aromatic heterocycles. The zero-order valence-electron chi connectivity index (χ0n) is 25.9. The SMILES string of the molecule is C=C1[C@H]2C(=O)C3[C@@H]4N(C)[C@H]5C[C@@]3(C([C@@H]2OC(C)=O)[C@]42C5[C@](C)(C=O)C[C@H](OC(=O)c3ccccc3)[C@H]2OC(C)=O)[C@@H]1OC(C)=O. The number of fused-ring (bicyclic) bond motifs is 1. The van der Waals surface area contributed by atoms with E-state index < -0.39 is 94.3 Å². The van der Waals surface area contributed by atoms with E-state index in [1.54, 1.807) is 30.3 Å². The van der Waals surface area contributed by atoms with Gasteiger partial charge in [0.15, 0.2) is 0 Å². The number of carbonyl (C=O) groups is 6. The van der Waals surface area contributed by atoms with E-state index in [-0.39, 0.29) is 23.8 Å². The first-order chi connectivity index (χ1) is 21.2. The van der Waals surface area contributed by atoms with Gasteiger partial charge in [-0.05, 0) is 37.1 Å². The van der Waals surface area contributed by atoms with E-state index in [1.165, 1.54) is 20.8 Å². The van der Waals surface area contributed by atoms with Crippen molar-refractivity contribution in [1.29, 1.82) is 0 Å². The zero-order chi connectivity index (χ0) is 32.4. The Morgan fingerprint density at radius 3 is 2.18 bits per heavy atom. The van der Waals surface area contributed by atoms with E-state index in [1.807, 2.05) is 14.0 Å². The number of carbonyl (C=O) groups excluding carboxylic acids is 6. The maximum atomic E-state index is 14.6. The van der Waals surface area contributed by atoms with Gasteiger partial charge in [0.2, 0.25) is 0 Å². The number of hydrogen-bond acceptors (Lipinski definition) is 11. The molecule has 238 valence electrons. The third kappa shape index (κ3) is 3.50. The molecule has 6 saturated carbocycles. The lowest BCUT2D eigenvalue weighted by Crippen LogP contribution is -2.76. The zero-order valence-corrected chi connectivity index (χ0v) is 25.9. The molecule has 2 spiro atoms. The monoisotopic (exact) mass is 619 g/mol. The van der Waals surface area contributed by atoms with Crippen LogP contribution in [0.1, 0.15) is 50.9 Å². The minimum atomic E-state index is -1.19. The second-order valence-corrected chi connectivity index (χ2v) is 14.1. The number of piperidine rings is 1. The fourth-order valence-electron chi connectivity index (χ4n) is 11.5. The summed E-state index contributed by atoms with van der Waals surface area (Å²) in [6.45, 7) is 9.89. The maximum Gasteiger partial charge on any atom is 0.338 e. The van der Waals surface area contributed by atoms with Crippen molar-refractivity contribution in [3.63, 3.8) is 0 Å². The van der Waals surface area contributed by atoms with E-state index in [0.29, 0.717) is 12.0 Å². The molecular weight excluding hydrogens is 582 g/mol. The van der Waals surface area contributed by atoms with E-state index >= 15 is 0 Å². The Kier molecular flexibility index (Phi) is 6.35. The van der Waals surface area contributed by atoms with Gasteiger partial charge in [-0.1, -0.05) is 31.7 Å². The molecule has 8 aliphatic rings. The second kappa shape index (κ2) is 9.57. The van der Waals surface area contributed by atoms with Crippen molar-refractivity contribution in [2.75, 3.05) is 7.05 Å². The van der Waals surface area contributed by atoms with E-state index in [4.69, 9.17) is 18.9 Å². The summed E-state index contributed by atoms with van der Waals surface area (Å²) >= 11 is 0. The number of aldehydes is 1. The summed E-state index contributed by atoms with van der Waals surface area (Å²) in [5, 5.41) is 0. The molecule has 2 heterocycles. The van der Waals surface area contributed by atoms with Gasteiger partial charge < -0.3 is 23.7 Å². The molecule has 11 heteroatoms. The fraction of sp³-hybridized carbons (Fsp3) is 0.588. The highest BCUT2D eigenvalue weighted by Gasteiger charge is 2.93. The summed E-state index contributed by atoms with van der Waals surface area (Å²) in [4.78, 5) is 81.7. The van der Waals surface area contributed by atoms with Crippen molar-refractivity contribution < 1.29 is 47.7 Å². The third-order valence-corrected chi connectivity index (χ3v) is 12.1. The minimum Gasteiger partial charge on any atom is -0.461 e. The number of nitrogens with zero attached hydrogens (tertiary/aromatic N) is 1. The molecule has 1 aromatic carbocycles. The number of ether oxygens (including phenoxy) is 4. The summed E-state index contributed by atoms with van der Waals surface area (Å²) in [5.74, 6) is -5.39. The molecule has 13 atom stereocenters. The highest BCUT2D eigenvalue weighted by atomic mass is 16.6. The summed E-state index contributed by atoms with van der Waals surface area (Å²) in [6.07, 6.45) is -2.69. The molecule has 11 nitrogen and oxygen atoms in total. The Labute approximate surface area is 260 Å². The average molecular weight is 620 g/mol. The van der Waals surface area contributed by atoms with E-state index in [9.17, 15) is 28.8 Å². The highest BCUT2D eigenvalue weighted by Crippen LogP contribution is 2.84. The van der Waals surface area contributed by atoms with Crippen LogP contribution in [0.3, 0.4) is 0 Å². The van der Waals surface area contributed by atoms with Crippen LogP contribution in [0.5, 0.6) is 0 Å². The predicted molar refractivity (Wildman–Crippen MR) is 154 cm³/mol. The first-order valence-corrected chi connectivity index (χ1v) is 15.4. The molecule has 8 fully saturated rings. The van der Waals surface area contributed by atoms with Crippen LogP contribution < -0.4 is 0 Å². The molecule has 2 saturated heterocycles. The first kappa shape index (κ1) is 29.8. The van der Waals surface area contributed by atoms with E-state index in [0.717, 1.165) is 6.29 Å². The average Bonchev–Trinajstić information content (AvgIpc) is 3.23. The van der Waals surface area contributed by atoms with Crippen LogP contribution in [0, 0.1) is 39.9 Å². The van der Waals surface area contributed by atoms with Gasteiger partial charge in [0, 0.05) is 67.4 Å². The second-order valence-electron chi connectivity index (χ2n) is 14.1. The number of hydrogen-bond donors (Lipinski definition) is 0. The molecule has 0 amide bonds. The molecule has 9 rings (SSSR count). The van der Waals surface area contributed by atoms with Gasteiger partial charge >= 0.3 is 23.9 Å². The minimum absolute atomic E-state index is 0.0799. The molecule has 1 aromatic rings. The Morgan fingerprint density at radius 2 is 1.58 bits per heavy atom. The lowest BCUT2D eigenvalue weighted by Gasteiger charge is -2.68. The maximum absolute atomic E-state index is 14.6. The molecule has 6 aliphatic carbocycles. The molecule has 0 radical (unpaired) electrons. The molecule has 7 bridgehead atoms. The Balaban J connectivity index is 1.49. The van der Waals surface area contributed by atoms with Crippen LogP contribution in [-0.2, 0) is 42.9 Å². The third-order valence-electron chi connectivity index (χ3n) is 12.1. The van der Waals surface area contributed by atoms with Crippen molar-refractivity contribution in [2.24, 2.45) is 39.9 Å². The quantitative estimate of drug-likeness (QED) is 0.200. The molecule has 3 unspecified atom stereocenters. The van der Waals surface area contributed by atoms with Crippen LogP contribution in [0.2, 0.25) is 0 Å². The van der Waals surface area contributed by atoms with Gasteiger partial charge in [-0.3, -0.25) is 24.1 Å². The van der Waals surface area contributed by atoms with Crippen molar-refractivity contribution in [3.8, 4) is 0 Å². The number of ketones is 1. The summed E-state index contributed by atoms with van der Waals surface area (Å²) < 4.78 is 24.5. The van der Waals surface area contributed by atoms with Gasteiger partial charge in [0.25, 0.3) is 0 Å². The largest absolute Gasteiger partial charge is 0.461 e. The van der Waals surface area contributed by atoms with Crippen LogP contribution in [0.15, 0.2) is 42.5 Å². The standard InChI is InChI=1S/C34H37NO10/c1-15-22-24(40)23-28-34-26(20(35(28)6)12-33(23,29(15)43-17(3)38)27(34)25(22)42-16(2)37)32(5,14-36)13-21(30(34)44-18(4)39)45-31(41)19-10-8-7-9-11-19/h7-11,14,20-23,25-30H,1,12-13H2,2-6H3/t20-,21-,22-,23?,25+,26?,27?,28-,29+,30+,32-,33+,34+/m0/s1. The Bertz CT molecular complexity index is 1560.